The van der Waals surface area contributed by atoms with Gasteiger partial charge in [-0.15, -0.1) is 9.24 Å². The number of hydrogen-bond acceptors (Lipinski definition) is 8. The van der Waals surface area contributed by atoms with Crippen molar-refractivity contribution in [1.82, 2.24) is 9.88 Å². The van der Waals surface area contributed by atoms with E-state index in [1.165, 1.54) is 12.0 Å². The average Bonchev–Trinajstić information content (AvgIpc) is 3.46. The molecule has 0 amide bonds. The number of nitrogens with one attached hydrogen (secondary N) is 1. The molecule has 3 atom stereocenters. The van der Waals surface area contributed by atoms with Crippen LogP contribution in [0.3, 0.4) is 0 Å². The molecule has 3 saturated heterocycles. The number of likely N-dealkylation sites (tertiary alicyclic amines) is 1. The maximum atomic E-state index is 13.1. The molecule has 4 aliphatic rings. The molecule has 6 rings (SSSR count). The van der Waals surface area contributed by atoms with Crippen LogP contribution in [0.15, 0.2) is 24.3 Å². The van der Waals surface area contributed by atoms with Gasteiger partial charge in [-0.1, -0.05) is 69.8 Å². The summed E-state index contributed by atoms with van der Waals surface area (Å²) >= 11 is 5.25. The van der Waals surface area contributed by atoms with E-state index in [0.717, 1.165) is 91.7 Å². The largest absolute Gasteiger partial charge is 0.480 e. The van der Waals surface area contributed by atoms with Crippen molar-refractivity contribution in [3.63, 3.8) is 0 Å². The van der Waals surface area contributed by atoms with E-state index in [-0.39, 0.29) is 13.6 Å². The van der Waals surface area contributed by atoms with E-state index in [0.29, 0.717) is 45.6 Å². The number of carboxylic acid groups (broad SMARTS) is 1. The molecular weight excluding hydrogens is 819 g/mol. The smallest absolute Gasteiger partial charge is 0.325 e. The Morgan fingerprint density at radius 2 is 1.87 bits per heavy atom. The molecule has 0 bridgehead atoms. The standard InChI is InChI=1S/C33H44I2N3O6P/c34-33(35,11-2-1-5-24-8-6-21-4-3-12-36-31(21)37-24)23-10-13-38(14-23)30(32(39)40)29-22(15-43-25-16-41-17-25)7-9-28(45)27(29)20-44-26-18-42-19-26/h6-9,23,25-26,30H,1-5,10-20,45H2,(H,36,37)(H,39,40)/t23-,30?/m1/s1. The summed E-state index contributed by atoms with van der Waals surface area (Å²) < 4.78 is 22.9. The quantitative estimate of drug-likeness (QED) is 0.108. The Kier molecular flexibility index (Phi) is 11.9. The number of ether oxygens (including phenoxy) is 4. The lowest BCUT2D eigenvalue weighted by molar-refractivity contribution is -0.144. The maximum absolute atomic E-state index is 13.1. The van der Waals surface area contributed by atoms with Crippen LogP contribution in [0.1, 0.15) is 66.1 Å². The van der Waals surface area contributed by atoms with Crippen molar-refractivity contribution >= 4 is 71.5 Å². The van der Waals surface area contributed by atoms with Gasteiger partial charge in [-0.05, 0) is 84.6 Å². The Labute approximate surface area is 295 Å². The number of benzene rings is 1. The van der Waals surface area contributed by atoms with Gasteiger partial charge in [0.2, 0.25) is 0 Å². The predicted octanol–water partition coefficient (Wildman–Crippen LogP) is 5.20. The lowest BCUT2D eigenvalue weighted by Crippen LogP contribution is -2.39. The van der Waals surface area contributed by atoms with Crippen LogP contribution in [-0.4, -0.2) is 80.7 Å². The summed E-state index contributed by atoms with van der Waals surface area (Å²) in [6.45, 7) is 5.53. The number of fused-ring (bicyclic) bond motifs is 1. The van der Waals surface area contributed by atoms with E-state index < -0.39 is 12.0 Å². The van der Waals surface area contributed by atoms with Crippen LogP contribution in [0.4, 0.5) is 5.82 Å². The van der Waals surface area contributed by atoms with Crippen LogP contribution >= 0.6 is 54.4 Å². The number of aliphatic carboxylic acids is 1. The fraction of sp³-hybridized carbons (Fsp3) is 0.636. The summed E-state index contributed by atoms with van der Waals surface area (Å²) in [5, 5.41) is 15.2. The molecule has 2 unspecified atom stereocenters. The van der Waals surface area contributed by atoms with Crippen molar-refractivity contribution in [3.8, 4) is 0 Å². The van der Waals surface area contributed by atoms with Crippen molar-refractivity contribution in [3.05, 3.63) is 52.2 Å². The van der Waals surface area contributed by atoms with Crippen LogP contribution in [0, 0.1) is 5.92 Å². The van der Waals surface area contributed by atoms with Gasteiger partial charge >= 0.3 is 5.97 Å². The summed E-state index contributed by atoms with van der Waals surface area (Å²) in [7, 11) is 2.79. The van der Waals surface area contributed by atoms with Crippen molar-refractivity contribution < 1.29 is 28.8 Å². The summed E-state index contributed by atoms with van der Waals surface area (Å²) in [5.74, 6) is 0.636. The van der Waals surface area contributed by atoms with E-state index in [9.17, 15) is 9.90 Å². The molecule has 1 aromatic heterocycles. The zero-order valence-corrected chi connectivity index (χ0v) is 31.1. The number of carboxylic acids is 1. The number of carbonyl (C=O) groups is 1. The second kappa shape index (κ2) is 15.7. The normalized spacial score (nSPS) is 21.5. The molecule has 9 nitrogen and oxygen atoms in total. The Morgan fingerprint density at radius 1 is 1.11 bits per heavy atom. The topological polar surface area (TPSA) is 102 Å². The van der Waals surface area contributed by atoms with E-state index >= 15 is 0 Å². The van der Waals surface area contributed by atoms with Gasteiger partial charge in [0.25, 0.3) is 0 Å². The molecule has 0 aliphatic carbocycles. The first-order chi connectivity index (χ1) is 21.8. The molecule has 5 heterocycles. The van der Waals surface area contributed by atoms with E-state index in [1.807, 2.05) is 12.1 Å². The second-order valence-corrected chi connectivity index (χ2v) is 19.2. The predicted molar refractivity (Wildman–Crippen MR) is 194 cm³/mol. The highest BCUT2D eigenvalue weighted by Gasteiger charge is 2.43. The van der Waals surface area contributed by atoms with Crippen LogP contribution in [0.25, 0.3) is 0 Å². The Morgan fingerprint density at radius 3 is 2.58 bits per heavy atom. The molecule has 1 aromatic carbocycles. The van der Waals surface area contributed by atoms with Gasteiger partial charge in [0.05, 0.1) is 41.1 Å². The van der Waals surface area contributed by atoms with Gasteiger partial charge < -0.3 is 29.4 Å². The van der Waals surface area contributed by atoms with Gasteiger partial charge in [-0.3, -0.25) is 9.69 Å². The number of alkyl halides is 2. The highest BCUT2D eigenvalue weighted by Crippen LogP contribution is 2.46. The number of nitrogens with zero attached hydrogens (tertiary/aromatic N) is 2. The fourth-order valence-corrected chi connectivity index (χ4v) is 8.71. The number of rotatable bonds is 15. The molecule has 0 saturated carbocycles. The lowest BCUT2D eigenvalue weighted by Gasteiger charge is -2.33. The second-order valence-electron chi connectivity index (χ2n) is 12.7. The molecular formula is C33H44I2N3O6P. The minimum Gasteiger partial charge on any atom is -0.480 e. The van der Waals surface area contributed by atoms with Crippen LogP contribution in [-0.2, 0) is 49.8 Å². The van der Waals surface area contributed by atoms with Gasteiger partial charge in [-0.2, -0.15) is 0 Å². The van der Waals surface area contributed by atoms with Gasteiger partial charge in [-0.25, -0.2) is 4.98 Å². The first-order valence-corrected chi connectivity index (χ1v) is 18.9. The molecule has 45 heavy (non-hydrogen) atoms. The molecule has 3 fully saturated rings. The first-order valence-electron chi connectivity index (χ1n) is 16.1. The minimum atomic E-state index is -0.827. The number of aromatic nitrogens is 1. The van der Waals surface area contributed by atoms with Crippen LogP contribution in [0.5, 0.6) is 0 Å². The average molecular weight is 864 g/mol. The summed E-state index contributed by atoms with van der Waals surface area (Å²) in [4.78, 5) is 20.2. The fourth-order valence-electron chi connectivity index (χ4n) is 6.59. The summed E-state index contributed by atoms with van der Waals surface area (Å²) in [6.07, 6.45) is 7.65. The third-order valence-corrected chi connectivity index (χ3v) is 12.9. The number of hydrogen-bond donors (Lipinski definition) is 2. The van der Waals surface area contributed by atoms with E-state index in [1.54, 1.807) is 0 Å². The van der Waals surface area contributed by atoms with Gasteiger partial charge in [0.1, 0.15) is 24.1 Å². The Hall–Kier alpha value is -0.670. The highest BCUT2D eigenvalue weighted by molar-refractivity contribution is 14.2. The monoisotopic (exact) mass is 863 g/mol. The van der Waals surface area contributed by atoms with Crippen molar-refractivity contribution in [2.24, 2.45) is 5.92 Å². The van der Waals surface area contributed by atoms with Crippen molar-refractivity contribution in [2.45, 2.75) is 77.8 Å². The number of halogens is 2. The molecule has 12 heteroatoms. The Balaban J connectivity index is 1.12. The van der Waals surface area contributed by atoms with Gasteiger partial charge in [0.15, 0.2) is 0 Å². The number of aryl methyl sites for hydroxylation is 2. The highest BCUT2D eigenvalue weighted by atomic mass is 127. The summed E-state index contributed by atoms with van der Waals surface area (Å²) in [5.41, 5.74) is 5.15. The van der Waals surface area contributed by atoms with Crippen molar-refractivity contribution in [2.75, 3.05) is 51.4 Å². The number of pyridine rings is 1. The first kappa shape index (κ1) is 34.2. The lowest BCUT2D eigenvalue weighted by atomic mass is 9.93. The van der Waals surface area contributed by atoms with Gasteiger partial charge in [0, 0.05) is 18.8 Å². The number of unbranched alkanes of at least 4 members (excludes halogenated alkanes) is 1. The molecule has 2 aromatic rings. The van der Waals surface area contributed by atoms with E-state index in [4.69, 9.17) is 23.9 Å². The van der Waals surface area contributed by atoms with E-state index in [2.05, 4.69) is 76.8 Å². The zero-order chi connectivity index (χ0) is 31.4. The molecule has 0 spiro atoms. The minimum absolute atomic E-state index is 0.0482. The molecule has 246 valence electrons. The maximum Gasteiger partial charge on any atom is 0.325 e. The summed E-state index contributed by atoms with van der Waals surface area (Å²) in [6, 6.07) is 7.71. The third-order valence-electron chi connectivity index (χ3n) is 9.47. The zero-order valence-electron chi connectivity index (χ0n) is 25.6. The Bertz CT molecular complexity index is 1340. The SMILES string of the molecule is O=C(O)C(c1c(COC2COC2)ccc(P)c1COC1COC1)N1CC[C@@H](C(I)(I)CCCCc2ccc3c(n2)NCCC3)C1. The van der Waals surface area contributed by atoms with Crippen LogP contribution < -0.4 is 10.6 Å². The third kappa shape index (κ3) is 8.50. The molecule has 2 N–H and O–H groups in total. The number of anilines is 1. The van der Waals surface area contributed by atoms with Crippen LogP contribution in [0.2, 0.25) is 0 Å². The van der Waals surface area contributed by atoms with Crippen molar-refractivity contribution in [1.29, 1.82) is 0 Å². The molecule has 0 radical (unpaired) electrons. The molecule has 4 aliphatic heterocycles.